The van der Waals surface area contributed by atoms with E-state index in [1.54, 1.807) is 12.1 Å². The highest BCUT2D eigenvalue weighted by Gasteiger charge is 2.11. The SMILES string of the molecule is Cc1cccc(-c2cccc(F)c2F)c1C. The Kier molecular flexibility index (Phi) is 2.73. The third kappa shape index (κ3) is 1.71. The lowest BCUT2D eigenvalue weighted by Crippen LogP contribution is -1.92. The van der Waals surface area contributed by atoms with Crippen molar-refractivity contribution in [2.75, 3.05) is 0 Å². The molecule has 0 radical (unpaired) electrons. The van der Waals surface area contributed by atoms with Crippen LogP contribution < -0.4 is 0 Å². The molecule has 0 fully saturated rings. The van der Waals surface area contributed by atoms with Gasteiger partial charge in [-0.05, 0) is 36.6 Å². The molecule has 0 heterocycles. The maximum absolute atomic E-state index is 13.6. The van der Waals surface area contributed by atoms with Gasteiger partial charge in [0.2, 0.25) is 0 Å². The van der Waals surface area contributed by atoms with Crippen molar-refractivity contribution in [3.8, 4) is 11.1 Å². The molecule has 0 atom stereocenters. The molecule has 0 saturated heterocycles. The number of halogens is 2. The number of rotatable bonds is 1. The Labute approximate surface area is 93.5 Å². The molecule has 2 aromatic rings. The maximum atomic E-state index is 13.6. The zero-order valence-electron chi connectivity index (χ0n) is 9.22. The smallest absolute Gasteiger partial charge is 0.166 e. The molecule has 0 aliphatic heterocycles. The first-order valence-electron chi connectivity index (χ1n) is 5.12. The van der Waals surface area contributed by atoms with Gasteiger partial charge < -0.3 is 0 Å². The fourth-order valence-corrected chi connectivity index (χ4v) is 1.75. The van der Waals surface area contributed by atoms with E-state index >= 15 is 0 Å². The largest absolute Gasteiger partial charge is 0.204 e. The standard InChI is InChI=1S/C14H12F2/c1-9-5-3-6-11(10(9)2)12-7-4-8-13(15)14(12)16/h3-8H,1-2H3. The van der Waals surface area contributed by atoms with Crippen LogP contribution in [-0.4, -0.2) is 0 Å². The number of aryl methyl sites for hydroxylation is 1. The van der Waals surface area contributed by atoms with Gasteiger partial charge in [0.05, 0.1) is 0 Å². The van der Waals surface area contributed by atoms with E-state index in [0.29, 0.717) is 5.56 Å². The highest BCUT2D eigenvalue weighted by Crippen LogP contribution is 2.28. The quantitative estimate of drug-likeness (QED) is 0.671. The maximum Gasteiger partial charge on any atom is 0.166 e. The third-order valence-electron chi connectivity index (χ3n) is 2.85. The minimum absolute atomic E-state index is 0.321. The second-order valence-corrected chi connectivity index (χ2v) is 3.85. The number of benzene rings is 2. The topological polar surface area (TPSA) is 0 Å². The van der Waals surface area contributed by atoms with Gasteiger partial charge in [0, 0.05) is 5.56 Å². The molecule has 0 bridgehead atoms. The zero-order chi connectivity index (χ0) is 11.7. The first kappa shape index (κ1) is 10.8. The van der Waals surface area contributed by atoms with Crippen LogP contribution >= 0.6 is 0 Å². The lowest BCUT2D eigenvalue weighted by Gasteiger charge is -2.09. The molecule has 0 aliphatic carbocycles. The van der Waals surface area contributed by atoms with E-state index in [1.165, 1.54) is 6.07 Å². The van der Waals surface area contributed by atoms with Crippen molar-refractivity contribution >= 4 is 0 Å². The van der Waals surface area contributed by atoms with Crippen molar-refractivity contribution in [1.29, 1.82) is 0 Å². The van der Waals surface area contributed by atoms with Crippen molar-refractivity contribution in [3.63, 3.8) is 0 Å². The predicted octanol–water partition coefficient (Wildman–Crippen LogP) is 4.25. The number of hydrogen-bond donors (Lipinski definition) is 0. The van der Waals surface area contributed by atoms with Gasteiger partial charge in [0.15, 0.2) is 11.6 Å². The van der Waals surface area contributed by atoms with Gasteiger partial charge in [-0.15, -0.1) is 0 Å². The Balaban J connectivity index is 2.68. The van der Waals surface area contributed by atoms with E-state index in [2.05, 4.69) is 0 Å². The Morgan fingerprint density at radius 3 is 2.19 bits per heavy atom. The molecule has 2 rings (SSSR count). The molecule has 0 spiro atoms. The molecule has 0 amide bonds. The van der Waals surface area contributed by atoms with Crippen LogP contribution in [0.5, 0.6) is 0 Å². The molecule has 0 unspecified atom stereocenters. The molecule has 82 valence electrons. The van der Waals surface area contributed by atoms with E-state index in [9.17, 15) is 8.78 Å². The van der Waals surface area contributed by atoms with Gasteiger partial charge in [-0.25, -0.2) is 8.78 Å². The summed E-state index contributed by atoms with van der Waals surface area (Å²) in [5.74, 6) is -1.59. The minimum atomic E-state index is -0.807. The molecule has 0 N–H and O–H groups in total. The fourth-order valence-electron chi connectivity index (χ4n) is 1.75. The van der Waals surface area contributed by atoms with Crippen LogP contribution in [0.3, 0.4) is 0 Å². The first-order chi connectivity index (χ1) is 7.61. The summed E-state index contributed by atoms with van der Waals surface area (Å²) < 4.78 is 26.7. The van der Waals surface area contributed by atoms with E-state index in [1.807, 2.05) is 26.0 Å². The van der Waals surface area contributed by atoms with Crippen LogP contribution in [0.1, 0.15) is 11.1 Å². The molecule has 0 nitrogen and oxygen atoms in total. The van der Waals surface area contributed by atoms with Crippen LogP contribution in [0.25, 0.3) is 11.1 Å². The van der Waals surface area contributed by atoms with Crippen molar-refractivity contribution in [3.05, 3.63) is 59.2 Å². The summed E-state index contributed by atoms with van der Waals surface area (Å²) in [6, 6.07) is 9.86. The van der Waals surface area contributed by atoms with Gasteiger partial charge >= 0.3 is 0 Å². The lowest BCUT2D eigenvalue weighted by atomic mass is 9.97. The van der Waals surface area contributed by atoms with E-state index in [-0.39, 0.29) is 0 Å². The normalized spacial score (nSPS) is 10.5. The second-order valence-electron chi connectivity index (χ2n) is 3.85. The molecule has 0 saturated carbocycles. The summed E-state index contributed by atoms with van der Waals surface area (Å²) in [5.41, 5.74) is 3.12. The Morgan fingerprint density at radius 2 is 1.44 bits per heavy atom. The van der Waals surface area contributed by atoms with Gasteiger partial charge in [-0.1, -0.05) is 30.3 Å². The number of hydrogen-bond acceptors (Lipinski definition) is 0. The average Bonchev–Trinajstić information content (AvgIpc) is 2.27. The molecular formula is C14H12F2. The average molecular weight is 218 g/mol. The summed E-state index contributed by atoms with van der Waals surface area (Å²) in [6.45, 7) is 3.87. The van der Waals surface area contributed by atoms with Gasteiger partial charge in [0.1, 0.15) is 0 Å². The predicted molar refractivity (Wildman–Crippen MR) is 61.3 cm³/mol. The zero-order valence-corrected chi connectivity index (χ0v) is 9.22. The Bertz CT molecular complexity index is 481. The van der Waals surface area contributed by atoms with Crippen LogP contribution in [0.4, 0.5) is 8.78 Å². The van der Waals surface area contributed by atoms with Crippen molar-refractivity contribution in [2.45, 2.75) is 13.8 Å². The highest BCUT2D eigenvalue weighted by atomic mass is 19.2. The summed E-state index contributed by atoms with van der Waals surface area (Å²) >= 11 is 0. The molecule has 0 aromatic heterocycles. The van der Waals surface area contributed by atoms with Crippen molar-refractivity contribution < 1.29 is 8.78 Å². The van der Waals surface area contributed by atoms with Crippen molar-refractivity contribution in [2.24, 2.45) is 0 Å². The lowest BCUT2D eigenvalue weighted by molar-refractivity contribution is 0.511. The second kappa shape index (κ2) is 4.05. The van der Waals surface area contributed by atoms with Crippen molar-refractivity contribution in [1.82, 2.24) is 0 Å². The summed E-state index contributed by atoms with van der Waals surface area (Å²) in [5, 5.41) is 0. The third-order valence-corrected chi connectivity index (χ3v) is 2.85. The molecular weight excluding hydrogens is 206 g/mol. The van der Waals surface area contributed by atoms with Crippen LogP contribution in [0, 0.1) is 25.5 Å². The van der Waals surface area contributed by atoms with E-state index in [0.717, 1.165) is 22.8 Å². The summed E-state index contributed by atoms with van der Waals surface area (Å²) in [4.78, 5) is 0. The highest BCUT2D eigenvalue weighted by molar-refractivity contribution is 5.69. The van der Waals surface area contributed by atoms with Gasteiger partial charge in [0.25, 0.3) is 0 Å². The molecule has 16 heavy (non-hydrogen) atoms. The summed E-state index contributed by atoms with van der Waals surface area (Å²) in [6.07, 6.45) is 0. The van der Waals surface area contributed by atoms with Gasteiger partial charge in [-0.3, -0.25) is 0 Å². The Morgan fingerprint density at radius 1 is 0.812 bits per heavy atom. The van der Waals surface area contributed by atoms with Crippen LogP contribution in [-0.2, 0) is 0 Å². The summed E-state index contributed by atoms with van der Waals surface area (Å²) in [7, 11) is 0. The van der Waals surface area contributed by atoms with Crippen LogP contribution in [0.15, 0.2) is 36.4 Å². The fraction of sp³-hybridized carbons (Fsp3) is 0.143. The molecule has 2 aromatic carbocycles. The minimum Gasteiger partial charge on any atom is -0.204 e. The van der Waals surface area contributed by atoms with E-state index < -0.39 is 11.6 Å². The van der Waals surface area contributed by atoms with Crippen LogP contribution in [0.2, 0.25) is 0 Å². The molecule has 2 heteroatoms. The van der Waals surface area contributed by atoms with E-state index in [4.69, 9.17) is 0 Å². The monoisotopic (exact) mass is 218 g/mol. The first-order valence-corrected chi connectivity index (χ1v) is 5.12. The molecule has 0 aliphatic rings. The Hall–Kier alpha value is -1.70. The van der Waals surface area contributed by atoms with Gasteiger partial charge in [-0.2, -0.15) is 0 Å².